The molecule has 0 aliphatic heterocycles. The van der Waals surface area contributed by atoms with Gasteiger partial charge in [0.25, 0.3) is 0 Å². The average molecular weight is 283 g/mol. The molecule has 21 heavy (non-hydrogen) atoms. The van der Waals surface area contributed by atoms with Crippen molar-refractivity contribution in [1.82, 2.24) is 0 Å². The highest BCUT2D eigenvalue weighted by atomic mass is 16.5. The summed E-state index contributed by atoms with van der Waals surface area (Å²) in [5.74, 6) is -0.299. The molecular formula is C18H21NO2. The maximum absolute atomic E-state index is 11.4. The highest BCUT2D eigenvalue weighted by Gasteiger charge is 2.07. The first kappa shape index (κ1) is 15.1. The summed E-state index contributed by atoms with van der Waals surface area (Å²) in [6.45, 7) is 5.98. The molecule has 0 N–H and O–H groups in total. The number of ether oxygens (including phenoxy) is 1. The van der Waals surface area contributed by atoms with E-state index >= 15 is 0 Å². The standard InChI is InChI=1S/C18H21NO2/c1-4-19(17-11-5-14(2)6-12-17)13-15-7-9-16(10-8-15)18(20)21-3/h5-12H,4,13H2,1-3H3. The van der Waals surface area contributed by atoms with E-state index in [2.05, 4.69) is 43.0 Å². The van der Waals surface area contributed by atoms with Crippen LogP contribution in [0.5, 0.6) is 0 Å². The summed E-state index contributed by atoms with van der Waals surface area (Å²) < 4.78 is 4.71. The molecule has 3 nitrogen and oxygen atoms in total. The van der Waals surface area contributed by atoms with Crippen LogP contribution in [0.4, 0.5) is 5.69 Å². The molecule has 2 rings (SSSR count). The Kier molecular flexibility index (Phi) is 4.99. The first-order valence-corrected chi connectivity index (χ1v) is 7.13. The van der Waals surface area contributed by atoms with Gasteiger partial charge in [-0.05, 0) is 43.7 Å². The molecule has 0 fully saturated rings. The highest BCUT2D eigenvalue weighted by molar-refractivity contribution is 5.89. The second-order valence-corrected chi connectivity index (χ2v) is 5.04. The van der Waals surface area contributed by atoms with Crippen molar-refractivity contribution >= 4 is 11.7 Å². The number of nitrogens with zero attached hydrogens (tertiary/aromatic N) is 1. The van der Waals surface area contributed by atoms with Crippen LogP contribution in [0.25, 0.3) is 0 Å². The molecule has 0 saturated carbocycles. The fraction of sp³-hybridized carbons (Fsp3) is 0.278. The fourth-order valence-electron chi connectivity index (χ4n) is 2.23. The molecule has 0 spiro atoms. The molecule has 3 heteroatoms. The van der Waals surface area contributed by atoms with Crippen LogP contribution in [0, 0.1) is 6.92 Å². The Labute approximate surface area is 126 Å². The van der Waals surface area contributed by atoms with Crippen molar-refractivity contribution < 1.29 is 9.53 Å². The number of anilines is 1. The molecule has 2 aromatic carbocycles. The van der Waals surface area contributed by atoms with Crippen LogP contribution in [0.3, 0.4) is 0 Å². The lowest BCUT2D eigenvalue weighted by molar-refractivity contribution is 0.0600. The van der Waals surface area contributed by atoms with E-state index in [1.807, 2.05) is 24.3 Å². The van der Waals surface area contributed by atoms with Gasteiger partial charge in [-0.3, -0.25) is 0 Å². The molecule has 110 valence electrons. The smallest absolute Gasteiger partial charge is 0.337 e. The summed E-state index contributed by atoms with van der Waals surface area (Å²) in [7, 11) is 1.40. The van der Waals surface area contributed by atoms with Crippen LogP contribution in [0.15, 0.2) is 48.5 Å². The van der Waals surface area contributed by atoms with Crippen molar-refractivity contribution in [3.05, 3.63) is 65.2 Å². The van der Waals surface area contributed by atoms with Gasteiger partial charge in [0.1, 0.15) is 0 Å². The van der Waals surface area contributed by atoms with Gasteiger partial charge >= 0.3 is 5.97 Å². The zero-order valence-electron chi connectivity index (χ0n) is 12.8. The summed E-state index contributed by atoms with van der Waals surface area (Å²) in [5, 5.41) is 0. The predicted octanol–water partition coefficient (Wildman–Crippen LogP) is 3.81. The third-order valence-corrected chi connectivity index (χ3v) is 3.53. The van der Waals surface area contributed by atoms with Gasteiger partial charge in [-0.15, -0.1) is 0 Å². The number of hydrogen-bond donors (Lipinski definition) is 0. The van der Waals surface area contributed by atoms with Crippen LogP contribution in [-0.2, 0) is 11.3 Å². The van der Waals surface area contributed by atoms with Crippen molar-refractivity contribution in [2.45, 2.75) is 20.4 Å². The van der Waals surface area contributed by atoms with Gasteiger partial charge in [-0.1, -0.05) is 29.8 Å². The summed E-state index contributed by atoms with van der Waals surface area (Å²) in [5.41, 5.74) is 4.22. The number of esters is 1. The van der Waals surface area contributed by atoms with Crippen LogP contribution < -0.4 is 4.90 Å². The van der Waals surface area contributed by atoms with Crippen molar-refractivity contribution in [1.29, 1.82) is 0 Å². The Morgan fingerprint density at radius 1 is 1.05 bits per heavy atom. The normalized spacial score (nSPS) is 10.2. The fourth-order valence-corrected chi connectivity index (χ4v) is 2.23. The first-order chi connectivity index (χ1) is 10.1. The van der Waals surface area contributed by atoms with E-state index < -0.39 is 0 Å². The summed E-state index contributed by atoms with van der Waals surface area (Å²) in [4.78, 5) is 13.7. The van der Waals surface area contributed by atoms with Crippen molar-refractivity contribution in [2.75, 3.05) is 18.6 Å². The third kappa shape index (κ3) is 3.85. The number of carbonyl (C=O) groups is 1. The lowest BCUT2D eigenvalue weighted by Gasteiger charge is -2.23. The topological polar surface area (TPSA) is 29.5 Å². The summed E-state index contributed by atoms with van der Waals surface area (Å²) in [6.07, 6.45) is 0. The molecule has 0 heterocycles. The molecular weight excluding hydrogens is 262 g/mol. The Bertz CT molecular complexity index is 588. The van der Waals surface area contributed by atoms with Crippen molar-refractivity contribution in [3.63, 3.8) is 0 Å². The minimum absolute atomic E-state index is 0.299. The quantitative estimate of drug-likeness (QED) is 0.782. The van der Waals surface area contributed by atoms with Crippen LogP contribution in [0.2, 0.25) is 0 Å². The van der Waals surface area contributed by atoms with Gasteiger partial charge in [-0.2, -0.15) is 0 Å². The first-order valence-electron chi connectivity index (χ1n) is 7.13. The Morgan fingerprint density at radius 2 is 1.67 bits per heavy atom. The van der Waals surface area contributed by atoms with Crippen molar-refractivity contribution in [3.8, 4) is 0 Å². The number of carbonyl (C=O) groups excluding carboxylic acids is 1. The molecule has 0 amide bonds. The second-order valence-electron chi connectivity index (χ2n) is 5.04. The molecule has 0 bridgehead atoms. The Hall–Kier alpha value is -2.29. The van der Waals surface area contributed by atoms with E-state index in [4.69, 9.17) is 4.74 Å². The maximum Gasteiger partial charge on any atom is 0.337 e. The Balaban J connectivity index is 2.11. The molecule has 0 radical (unpaired) electrons. The number of rotatable bonds is 5. The molecule has 0 aliphatic rings. The van der Waals surface area contributed by atoms with Gasteiger partial charge in [0, 0.05) is 18.8 Å². The van der Waals surface area contributed by atoms with Gasteiger partial charge in [0.2, 0.25) is 0 Å². The van der Waals surface area contributed by atoms with Gasteiger partial charge in [0.15, 0.2) is 0 Å². The summed E-state index contributed by atoms with van der Waals surface area (Å²) in [6, 6.07) is 16.1. The predicted molar refractivity (Wildman–Crippen MR) is 85.7 cm³/mol. The number of aryl methyl sites for hydroxylation is 1. The molecule has 2 aromatic rings. The highest BCUT2D eigenvalue weighted by Crippen LogP contribution is 2.18. The zero-order valence-corrected chi connectivity index (χ0v) is 12.8. The van der Waals surface area contributed by atoms with E-state index in [0.29, 0.717) is 5.56 Å². The lowest BCUT2D eigenvalue weighted by Crippen LogP contribution is -2.21. The molecule has 0 atom stereocenters. The second kappa shape index (κ2) is 6.93. The van der Waals surface area contributed by atoms with E-state index in [1.165, 1.54) is 23.9 Å². The Morgan fingerprint density at radius 3 is 2.19 bits per heavy atom. The van der Waals surface area contributed by atoms with Crippen LogP contribution in [0.1, 0.15) is 28.4 Å². The van der Waals surface area contributed by atoms with E-state index in [9.17, 15) is 4.79 Å². The van der Waals surface area contributed by atoms with E-state index in [-0.39, 0.29) is 5.97 Å². The largest absolute Gasteiger partial charge is 0.465 e. The number of benzene rings is 2. The van der Waals surface area contributed by atoms with E-state index in [0.717, 1.165) is 13.1 Å². The molecule has 0 aliphatic carbocycles. The average Bonchev–Trinajstić information content (AvgIpc) is 2.53. The van der Waals surface area contributed by atoms with Gasteiger partial charge < -0.3 is 9.64 Å². The minimum Gasteiger partial charge on any atom is -0.465 e. The van der Waals surface area contributed by atoms with Crippen LogP contribution >= 0.6 is 0 Å². The maximum atomic E-state index is 11.4. The summed E-state index contributed by atoms with van der Waals surface area (Å²) >= 11 is 0. The molecule has 0 unspecified atom stereocenters. The SMILES string of the molecule is CCN(Cc1ccc(C(=O)OC)cc1)c1ccc(C)cc1. The third-order valence-electron chi connectivity index (χ3n) is 3.53. The minimum atomic E-state index is -0.299. The zero-order chi connectivity index (χ0) is 15.2. The van der Waals surface area contributed by atoms with Crippen LogP contribution in [-0.4, -0.2) is 19.6 Å². The van der Waals surface area contributed by atoms with Crippen molar-refractivity contribution in [2.24, 2.45) is 0 Å². The molecule has 0 saturated heterocycles. The number of hydrogen-bond acceptors (Lipinski definition) is 3. The van der Waals surface area contributed by atoms with E-state index in [1.54, 1.807) is 0 Å². The monoisotopic (exact) mass is 283 g/mol. The van der Waals surface area contributed by atoms with Gasteiger partial charge in [0.05, 0.1) is 12.7 Å². The molecule has 0 aromatic heterocycles. The lowest BCUT2D eigenvalue weighted by atomic mass is 10.1. The number of methoxy groups -OCH3 is 1. The van der Waals surface area contributed by atoms with Gasteiger partial charge in [-0.25, -0.2) is 4.79 Å².